The van der Waals surface area contributed by atoms with E-state index in [9.17, 15) is 14.3 Å². The van der Waals surface area contributed by atoms with Gasteiger partial charge >= 0.3 is 0 Å². The Hall–Kier alpha value is -2.98. The van der Waals surface area contributed by atoms with E-state index in [1.165, 1.54) is 12.1 Å². The van der Waals surface area contributed by atoms with Gasteiger partial charge < -0.3 is 10.4 Å². The highest BCUT2D eigenvalue weighted by Gasteiger charge is 2.41. The van der Waals surface area contributed by atoms with Crippen LogP contribution < -0.4 is 5.32 Å². The number of hydrogen-bond acceptors (Lipinski definition) is 2. The molecule has 0 saturated heterocycles. The zero-order valence-electron chi connectivity index (χ0n) is 16.7. The van der Waals surface area contributed by atoms with E-state index in [0.29, 0.717) is 17.5 Å². The minimum atomic E-state index is -1.46. The van der Waals surface area contributed by atoms with Crippen LogP contribution in [-0.4, -0.2) is 17.1 Å². The first-order valence-electron chi connectivity index (χ1n) is 9.81. The van der Waals surface area contributed by atoms with Gasteiger partial charge in [-0.05, 0) is 35.6 Å². The average molecular weight is 391 g/mol. The summed E-state index contributed by atoms with van der Waals surface area (Å²) in [5, 5.41) is 14.9. The van der Waals surface area contributed by atoms with Gasteiger partial charge in [0.1, 0.15) is 11.4 Å². The summed E-state index contributed by atoms with van der Waals surface area (Å²) < 4.78 is 14.2. The Morgan fingerprint density at radius 3 is 1.86 bits per heavy atom. The number of benzene rings is 3. The fourth-order valence-corrected chi connectivity index (χ4v) is 3.64. The Bertz CT molecular complexity index is 902. The van der Waals surface area contributed by atoms with Crippen LogP contribution in [0, 0.1) is 11.7 Å². The molecule has 0 unspecified atom stereocenters. The Balaban J connectivity index is 2.07. The van der Waals surface area contributed by atoms with Crippen molar-refractivity contribution in [3.8, 4) is 0 Å². The Morgan fingerprint density at radius 1 is 0.897 bits per heavy atom. The Labute approximate surface area is 171 Å². The SMILES string of the molecule is CC(C)C[C@H](NC(=O)c1ccccc1F)C(O)(c1ccccc1)c1ccccc1. The van der Waals surface area contributed by atoms with Gasteiger partial charge in [0.25, 0.3) is 5.91 Å². The van der Waals surface area contributed by atoms with Crippen molar-refractivity contribution in [1.29, 1.82) is 0 Å². The average Bonchev–Trinajstić information content (AvgIpc) is 2.74. The van der Waals surface area contributed by atoms with Crippen LogP contribution in [0.1, 0.15) is 41.8 Å². The van der Waals surface area contributed by atoms with Gasteiger partial charge in [-0.25, -0.2) is 4.39 Å². The number of rotatable bonds is 7. The molecule has 0 fully saturated rings. The highest BCUT2D eigenvalue weighted by atomic mass is 19.1. The first kappa shape index (κ1) is 20.7. The summed E-state index contributed by atoms with van der Waals surface area (Å²) in [5.74, 6) is -0.935. The molecule has 3 nitrogen and oxygen atoms in total. The van der Waals surface area contributed by atoms with Gasteiger partial charge in [0.2, 0.25) is 0 Å². The van der Waals surface area contributed by atoms with Gasteiger partial charge in [0.15, 0.2) is 0 Å². The lowest BCUT2D eigenvalue weighted by Gasteiger charge is -2.38. The number of halogens is 1. The van der Waals surface area contributed by atoms with Gasteiger partial charge in [0.05, 0.1) is 11.6 Å². The summed E-state index contributed by atoms with van der Waals surface area (Å²) in [6, 6.07) is 23.8. The minimum Gasteiger partial charge on any atom is -0.378 e. The zero-order valence-corrected chi connectivity index (χ0v) is 16.7. The lowest BCUT2D eigenvalue weighted by molar-refractivity contribution is 0.0273. The first-order chi connectivity index (χ1) is 13.9. The fourth-order valence-electron chi connectivity index (χ4n) is 3.64. The Morgan fingerprint density at radius 2 is 1.38 bits per heavy atom. The molecule has 0 heterocycles. The van der Waals surface area contributed by atoms with Crippen molar-refractivity contribution < 1.29 is 14.3 Å². The smallest absolute Gasteiger partial charge is 0.254 e. The predicted molar refractivity (Wildman–Crippen MR) is 113 cm³/mol. The monoisotopic (exact) mass is 391 g/mol. The molecular weight excluding hydrogens is 365 g/mol. The van der Waals surface area contributed by atoms with Crippen molar-refractivity contribution >= 4 is 5.91 Å². The molecule has 0 aliphatic heterocycles. The van der Waals surface area contributed by atoms with E-state index in [0.717, 1.165) is 0 Å². The van der Waals surface area contributed by atoms with E-state index in [4.69, 9.17) is 0 Å². The second-order valence-corrected chi connectivity index (χ2v) is 7.63. The number of amides is 1. The fraction of sp³-hybridized carbons (Fsp3) is 0.240. The second kappa shape index (κ2) is 9.01. The summed E-state index contributed by atoms with van der Waals surface area (Å²) >= 11 is 0. The molecule has 3 aromatic rings. The summed E-state index contributed by atoms with van der Waals surface area (Å²) in [4.78, 5) is 12.9. The second-order valence-electron chi connectivity index (χ2n) is 7.63. The standard InChI is InChI=1S/C25H26FNO2/c1-18(2)17-23(27-24(28)21-15-9-10-16-22(21)26)25(29,19-11-5-3-6-12-19)20-13-7-4-8-14-20/h3-16,18,23,29H,17H2,1-2H3,(H,27,28)/t23-/m0/s1. The molecule has 0 bridgehead atoms. The van der Waals surface area contributed by atoms with Crippen molar-refractivity contribution in [3.63, 3.8) is 0 Å². The van der Waals surface area contributed by atoms with Gasteiger partial charge in [-0.15, -0.1) is 0 Å². The van der Waals surface area contributed by atoms with Crippen LogP contribution in [-0.2, 0) is 5.60 Å². The normalized spacial score (nSPS) is 12.6. The first-order valence-corrected chi connectivity index (χ1v) is 9.81. The topological polar surface area (TPSA) is 49.3 Å². The Kier molecular flexibility index (Phi) is 6.45. The van der Waals surface area contributed by atoms with E-state index >= 15 is 0 Å². The van der Waals surface area contributed by atoms with E-state index in [2.05, 4.69) is 5.32 Å². The van der Waals surface area contributed by atoms with Crippen molar-refractivity contribution in [2.45, 2.75) is 31.9 Å². The molecular formula is C25H26FNO2. The van der Waals surface area contributed by atoms with E-state index in [-0.39, 0.29) is 11.5 Å². The van der Waals surface area contributed by atoms with Crippen molar-refractivity contribution in [1.82, 2.24) is 5.32 Å². The van der Waals surface area contributed by atoms with Crippen molar-refractivity contribution in [3.05, 3.63) is 107 Å². The van der Waals surface area contributed by atoms with Crippen molar-refractivity contribution in [2.24, 2.45) is 5.92 Å². The molecule has 0 aliphatic rings. The molecule has 0 aromatic heterocycles. The van der Waals surface area contributed by atoms with Crippen LogP contribution in [0.25, 0.3) is 0 Å². The lowest BCUT2D eigenvalue weighted by Crippen LogP contribution is -2.52. The number of carbonyl (C=O) groups excluding carboxylic acids is 1. The lowest BCUT2D eigenvalue weighted by atomic mass is 9.77. The summed E-state index contributed by atoms with van der Waals surface area (Å²) in [6.07, 6.45) is 0.514. The summed E-state index contributed by atoms with van der Waals surface area (Å²) in [5.41, 5.74) is -0.158. The van der Waals surface area contributed by atoms with Crippen LogP contribution in [0.3, 0.4) is 0 Å². The molecule has 150 valence electrons. The third kappa shape index (κ3) is 4.54. The summed E-state index contributed by atoms with van der Waals surface area (Å²) in [6.45, 7) is 4.05. The highest BCUT2D eigenvalue weighted by Crippen LogP contribution is 2.36. The third-order valence-corrected chi connectivity index (χ3v) is 5.06. The molecule has 29 heavy (non-hydrogen) atoms. The molecule has 0 spiro atoms. The highest BCUT2D eigenvalue weighted by molar-refractivity contribution is 5.94. The van der Waals surface area contributed by atoms with E-state index < -0.39 is 23.4 Å². The molecule has 1 amide bonds. The zero-order chi connectivity index (χ0) is 20.9. The van der Waals surface area contributed by atoms with E-state index in [1.807, 2.05) is 74.5 Å². The maximum atomic E-state index is 14.2. The van der Waals surface area contributed by atoms with E-state index in [1.54, 1.807) is 12.1 Å². The quantitative estimate of drug-likeness (QED) is 0.601. The molecule has 0 radical (unpaired) electrons. The molecule has 0 saturated carbocycles. The van der Waals surface area contributed by atoms with Gasteiger partial charge in [-0.1, -0.05) is 86.6 Å². The van der Waals surface area contributed by atoms with Gasteiger partial charge in [0, 0.05) is 0 Å². The van der Waals surface area contributed by atoms with Gasteiger partial charge in [-0.2, -0.15) is 0 Å². The van der Waals surface area contributed by atoms with Crippen LogP contribution in [0.15, 0.2) is 84.9 Å². The van der Waals surface area contributed by atoms with Crippen molar-refractivity contribution in [2.75, 3.05) is 0 Å². The number of aliphatic hydroxyl groups is 1. The third-order valence-electron chi connectivity index (χ3n) is 5.06. The summed E-state index contributed by atoms with van der Waals surface area (Å²) in [7, 11) is 0. The maximum absolute atomic E-state index is 14.2. The molecule has 2 N–H and O–H groups in total. The number of carbonyl (C=O) groups is 1. The molecule has 3 aromatic carbocycles. The molecule has 0 aliphatic carbocycles. The van der Waals surface area contributed by atoms with Crippen LogP contribution in [0.5, 0.6) is 0 Å². The predicted octanol–water partition coefficient (Wildman–Crippen LogP) is 4.91. The molecule has 4 heteroatoms. The van der Waals surface area contributed by atoms with Gasteiger partial charge in [-0.3, -0.25) is 4.79 Å². The van der Waals surface area contributed by atoms with Crippen LogP contribution in [0.2, 0.25) is 0 Å². The largest absolute Gasteiger partial charge is 0.378 e. The minimum absolute atomic E-state index is 0.0373. The molecule has 1 atom stereocenters. The number of hydrogen-bond donors (Lipinski definition) is 2. The molecule has 3 rings (SSSR count). The van der Waals surface area contributed by atoms with Crippen LogP contribution in [0.4, 0.5) is 4.39 Å². The maximum Gasteiger partial charge on any atom is 0.254 e. The van der Waals surface area contributed by atoms with Crippen LogP contribution >= 0.6 is 0 Å². The number of nitrogens with one attached hydrogen (secondary N) is 1.